The number of benzene rings is 1. The summed E-state index contributed by atoms with van der Waals surface area (Å²) >= 11 is 1.32. The fourth-order valence-electron chi connectivity index (χ4n) is 2.61. The molecule has 1 saturated carbocycles. The molecule has 0 atom stereocenters. The van der Waals surface area contributed by atoms with E-state index in [9.17, 15) is 9.90 Å². The van der Waals surface area contributed by atoms with Crippen LogP contribution in [-0.4, -0.2) is 20.9 Å². The summed E-state index contributed by atoms with van der Waals surface area (Å²) in [5.41, 5.74) is 2.25. The van der Waals surface area contributed by atoms with E-state index in [1.807, 2.05) is 22.9 Å². The molecule has 0 unspecified atom stereocenters. The molecule has 1 aliphatic rings. The maximum atomic E-state index is 11.2. The smallest absolute Gasteiger partial charge is 0.345 e. The highest BCUT2D eigenvalue weighted by Crippen LogP contribution is 2.44. The number of hydrogen-bond acceptors (Lipinski definition) is 3. The number of thiophene rings is 1. The molecule has 4 nitrogen and oxygen atoms in total. The number of hydrogen-bond donors (Lipinski definition) is 1. The van der Waals surface area contributed by atoms with Gasteiger partial charge in [-0.3, -0.25) is 4.68 Å². The van der Waals surface area contributed by atoms with Crippen LogP contribution in [-0.2, 0) is 6.54 Å². The second-order valence-electron chi connectivity index (χ2n) is 5.44. The molecule has 4 rings (SSSR count). The molecule has 2 heterocycles. The quantitative estimate of drug-likeness (QED) is 0.798. The van der Waals surface area contributed by atoms with E-state index in [1.54, 1.807) is 6.07 Å². The zero-order valence-electron chi connectivity index (χ0n) is 11.3. The predicted octanol–water partition coefficient (Wildman–Crippen LogP) is 3.72. The van der Waals surface area contributed by atoms with E-state index in [1.165, 1.54) is 16.9 Å². The maximum Gasteiger partial charge on any atom is 0.345 e. The molecule has 0 spiro atoms. The monoisotopic (exact) mass is 298 g/mol. The molecule has 0 saturated heterocycles. The number of carboxylic acids is 1. The topological polar surface area (TPSA) is 55.1 Å². The van der Waals surface area contributed by atoms with Crippen LogP contribution in [0, 0.1) is 0 Å². The Morgan fingerprint density at radius 3 is 2.76 bits per heavy atom. The number of aromatic carboxylic acids is 1. The van der Waals surface area contributed by atoms with E-state index in [0.29, 0.717) is 17.3 Å². The Hall–Kier alpha value is -2.14. The van der Waals surface area contributed by atoms with Crippen molar-refractivity contribution in [1.82, 2.24) is 9.78 Å². The summed E-state index contributed by atoms with van der Waals surface area (Å²) < 4.78 is 1.95. The second-order valence-corrected chi connectivity index (χ2v) is 6.47. The van der Waals surface area contributed by atoms with Gasteiger partial charge in [0, 0.05) is 11.3 Å². The van der Waals surface area contributed by atoms with E-state index in [-0.39, 0.29) is 0 Å². The highest BCUT2D eigenvalue weighted by Gasteiger charge is 2.30. The van der Waals surface area contributed by atoms with Crippen LogP contribution in [0.1, 0.15) is 39.7 Å². The third-order valence-corrected chi connectivity index (χ3v) is 4.94. The zero-order valence-corrected chi connectivity index (χ0v) is 12.1. The summed E-state index contributed by atoms with van der Waals surface area (Å²) in [6, 6.07) is 11.9. The molecule has 0 radical (unpaired) electrons. The molecule has 3 aromatic rings. The van der Waals surface area contributed by atoms with Crippen molar-refractivity contribution in [3.05, 3.63) is 52.5 Å². The first-order valence-electron chi connectivity index (χ1n) is 7.00. The van der Waals surface area contributed by atoms with Gasteiger partial charge >= 0.3 is 5.97 Å². The van der Waals surface area contributed by atoms with Crippen molar-refractivity contribution in [2.45, 2.75) is 25.3 Å². The molecule has 1 aliphatic carbocycles. The van der Waals surface area contributed by atoms with Crippen molar-refractivity contribution in [3.63, 3.8) is 0 Å². The van der Waals surface area contributed by atoms with Crippen LogP contribution in [0.5, 0.6) is 0 Å². The van der Waals surface area contributed by atoms with E-state index < -0.39 is 5.97 Å². The predicted molar refractivity (Wildman–Crippen MR) is 82.1 cm³/mol. The molecule has 1 N–H and O–H groups in total. The van der Waals surface area contributed by atoms with E-state index >= 15 is 0 Å². The second kappa shape index (κ2) is 4.70. The number of carbonyl (C=O) groups is 1. The maximum absolute atomic E-state index is 11.2. The minimum atomic E-state index is -0.857. The standard InChI is InChI=1S/C16H14N2O2S/c19-16(20)13-8-12-14(11-6-7-11)17-18(15(12)21-13)9-10-4-2-1-3-5-10/h1-5,8,11H,6-7,9H2,(H,19,20). The first kappa shape index (κ1) is 12.6. The molecule has 0 amide bonds. The molecule has 1 aromatic carbocycles. The van der Waals surface area contributed by atoms with Crippen LogP contribution in [0.3, 0.4) is 0 Å². The van der Waals surface area contributed by atoms with Gasteiger partial charge in [0.1, 0.15) is 9.71 Å². The largest absolute Gasteiger partial charge is 0.477 e. The summed E-state index contributed by atoms with van der Waals surface area (Å²) in [4.78, 5) is 12.6. The van der Waals surface area contributed by atoms with Gasteiger partial charge in [0.15, 0.2) is 0 Å². The third kappa shape index (κ3) is 2.23. The lowest BCUT2D eigenvalue weighted by Gasteiger charge is -2.02. The highest BCUT2D eigenvalue weighted by molar-refractivity contribution is 7.20. The Morgan fingerprint density at radius 1 is 1.33 bits per heavy atom. The Kier molecular flexibility index (Phi) is 2.82. The molecule has 106 valence electrons. The van der Waals surface area contributed by atoms with Crippen molar-refractivity contribution in [3.8, 4) is 0 Å². The Bertz CT molecular complexity index is 816. The normalized spacial score (nSPS) is 14.7. The van der Waals surface area contributed by atoms with Gasteiger partial charge in [0.05, 0.1) is 12.2 Å². The van der Waals surface area contributed by atoms with Gasteiger partial charge in [-0.25, -0.2) is 4.79 Å². The van der Waals surface area contributed by atoms with Gasteiger partial charge in [-0.2, -0.15) is 5.10 Å². The van der Waals surface area contributed by atoms with Crippen molar-refractivity contribution in [2.24, 2.45) is 0 Å². The molecule has 0 bridgehead atoms. The lowest BCUT2D eigenvalue weighted by atomic mass is 10.2. The van der Waals surface area contributed by atoms with Gasteiger partial charge in [0.25, 0.3) is 0 Å². The van der Waals surface area contributed by atoms with Crippen molar-refractivity contribution in [2.75, 3.05) is 0 Å². The van der Waals surface area contributed by atoms with Gasteiger partial charge in [-0.05, 0) is 24.5 Å². The van der Waals surface area contributed by atoms with Crippen LogP contribution in [0.4, 0.5) is 0 Å². The molecule has 1 fully saturated rings. The lowest BCUT2D eigenvalue weighted by molar-refractivity contribution is 0.0702. The fourth-order valence-corrected chi connectivity index (χ4v) is 3.57. The number of carboxylic acid groups (broad SMARTS) is 1. The summed E-state index contributed by atoms with van der Waals surface area (Å²) in [7, 11) is 0. The average molecular weight is 298 g/mol. The minimum absolute atomic E-state index is 0.395. The zero-order chi connectivity index (χ0) is 14.4. The van der Waals surface area contributed by atoms with Crippen LogP contribution < -0.4 is 0 Å². The van der Waals surface area contributed by atoms with Gasteiger partial charge in [-0.15, -0.1) is 11.3 Å². The summed E-state index contributed by atoms with van der Waals surface area (Å²) in [5.74, 6) is -0.343. The number of fused-ring (bicyclic) bond motifs is 1. The van der Waals surface area contributed by atoms with Crippen molar-refractivity contribution in [1.29, 1.82) is 0 Å². The first-order chi connectivity index (χ1) is 10.2. The van der Waals surface area contributed by atoms with Gasteiger partial charge < -0.3 is 5.11 Å². The lowest BCUT2D eigenvalue weighted by Crippen LogP contribution is -2.01. The highest BCUT2D eigenvalue weighted by atomic mass is 32.1. The SMILES string of the molecule is O=C(O)c1cc2c(C3CC3)nn(Cc3ccccc3)c2s1. The number of nitrogens with zero attached hydrogens (tertiary/aromatic N) is 2. The van der Waals surface area contributed by atoms with E-state index in [0.717, 1.165) is 28.8 Å². The van der Waals surface area contributed by atoms with Gasteiger partial charge in [-0.1, -0.05) is 30.3 Å². The van der Waals surface area contributed by atoms with Gasteiger partial charge in [0.2, 0.25) is 0 Å². The van der Waals surface area contributed by atoms with Crippen LogP contribution in [0.2, 0.25) is 0 Å². The third-order valence-electron chi connectivity index (χ3n) is 3.80. The Morgan fingerprint density at radius 2 is 2.10 bits per heavy atom. The number of rotatable bonds is 4. The summed E-state index contributed by atoms with van der Waals surface area (Å²) in [6.07, 6.45) is 2.32. The Labute approximate surface area is 125 Å². The molecule has 5 heteroatoms. The summed E-state index contributed by atoms with van der Waals surface area (Å²) in [6.45, 7) is 0.684. The molecular formula is C16H14N2O2S. The average Bonchev–Trinajstić information content (AvgIpc) is 3.12. The fraction of sp³-hybridized carbons (Fsp3) is 0.250. The molecule has 2 aromatic heterocycles. The van der Waals surface area contributed by atoms with Crippen molar-refractivity contribution >= 4 is 27.5 Å². The number of aromatic nitrogens is 2. The van der Waals surface area contributed by atoms with E-state index in [4.69, 9.17) is 5.10 Å². The molecule has 21 heavy (non-hydrogen) atoms. The molecular weight excluding hydrogens is 284 g/mol. The molecule has 0 aliphatic heterocycles. The summed E-state index contributed by atoms with van der Waals surface area (Å²) in [5, 5.41) is 15.0. The van der Waals surface area contributed by atoms with Crippen LogP contribution in [0.15, 0.2) is 36.4 Å². The minimum Gasteiger partial charge on any atom is -0.477 e. The van der Waals surface area contributed by atoms with Crippen molar-refractivity contribution < 1.29 is 9.90 Å². The van der Waals surface area contributed by atoms with E-state index in [2.05, 4.69) is 12.1 Å². The van der Waals surface area contributed by atoms with Crippen LogP contribution >= 0.6 is 11.3 Å². The van der Waals surface area contributed by atoms with Crippen LogP contribution in [0.25, 0.3) is 10.2 Å². The Balaban J connectivity index is 1.82. The first-order valence-corrected chi connectivity index (χ1v) is 7.81.